The topological polar surface area (TPSA) is 38.3 Å². The Morgan fingerprint density at radius 2 is 1.94 bits per heavy atom. The summed E-state index contributed by atoms with van der Waals surface area (Å²) < 4.78 is 4.70. The molecule has 1 aliphatic carbocycles. The molecule has 0 spiro atoms. The van der Waals surface area contributed by atoms with Crippen molar-refractivity contribution in [3.8, 4) is 0 Å². The largest absolute Gasteiger partial charge is 0.468 e. The van der Waals surface area contributed by atoms with Crippen molar-refractivity contribution >= 4 is 5.97 Å². The van der Waals surface area contributed by atoms with Gasteiger partial charge in [-0.1, -0.05) is 29.8 Å². The summed E-state index contributed by atoms with van der Waals surface area (Å²) in [6.07, 6.45) is 2.20. The van der Waals surface area contributed by atoms with Gasteiger partial charge in [-0.05, 0) is 38.2 Å². The van der Waals surface area contributed by atoms with E-state index in [4.69, 9.17) is 4.74 Å². The van der Waals surface area contributed by atoms with Crippen molar-refractivity contribution in [1.29, 1.82) is 0 Å². The number of hydrogen-bond acceptors (Lipinski definition) is 3. The predicted molar refractivity (Wildman–Crippen MR) is 71.6 cm³/mol. The molecule has 0 radical (unpaired) electrons. The van der Waals surface area contributed by atoms with Crippen LogP contribution in [0.5, 0.6) is 0 Å². The molecule has 1 saturated carbocycles. The van der Waals surface area contributed by atoms with E-state index >= 15 is 0 Å². The summed E-state index contributed by atoms with van der Waals surface area (Å²) in [6, 6.07) is 8.96. The lowest BCUT2D eigenvalue weighted by Crippen LogP contribution is -2.47. The molecule has 0 bridgehead atoms. The van der Waals surface area contributed by atoms with Crippen LogP contribution in [0.15, 0.2) is 24.3 Å². The third-order valence-corrected chi connectivity index (χ3v) is 3.73. The van der Waals surface area contributed by atoms with Crippen LogP contribution in [0.4, 0.5) is 0 Å². The van der Waals surface area contributed by atoms with Crippen molar-refractivity contribution < 1.29 is 9.53 Å². The first-order valence-electron chi connectivity index (χ1n) is 6.50. The lowest BCUT2D eigenvalue weighted by Gasteiger charge is -2.37. The zero-order chi connectivity index (χ0) is 13.1. The van der Waals surface area contributed by atoms with Crippen LogP contribution in [-0.4, -0.2) is 25.2 Å². The summed E-state index contributed by atoms with van der Waals surface area (Å²) in [5, 5.41) is 3.30. The lowest BCUT2D eigenvalue weighted by atomic mass is 9.75. The van der Waals surface area contributed by atoms with Gasteiger partial charge < -0.3 is 10.1 Å². The van der Waals surface area contributed by atoms with Gasteiger partial charge in [0, 0.05) is 6.04 Å². The maximum Gasteiger partial charge on any atom is 0.322 e. The Morgan fingerprint density at radius 3 is 2.50 bits per heavy atom. The Hall–Kier alpha value is -1.35. The van der Waals surface area contributed by atoms with Crippen molar-refractivity contribution in [3.05, 3.63) is 35.4 Å². The normalized spacial score (nSPS) is 24.2. The average Bonchev–Trinajstić information content (AvgIpc) is 2.33. The van der Waals surface area contributed by atoms with Crippen LogP contribution in [-0.2, 0) is 9.53 Å². The van der Waals surface area contributed by atoms with Crippen LogP contribution in [0, 0.1) is 6.92 Å². The van der Waals surface area contributed by atoms with Crippen LogP contribution in [0.1, 0.15) is 36.8 Å². The molecule has 1 aromatic carbocycles. The second kappa shape index (κ2) is 5.53. The molecule has 0 aliphatic heterocycles. The number of carbonyl (C=O) groups excluding carboxylic acids is 1. The second-order valence-corrected chi connectivity index (χ2v) is 5.19. The minimum atomic E-state index is -0.209. The molecule has 1 unspecified atom stereocenters. The van der Waals surface area contributed by atoms with Gasteiger partial charge in [0.15, 0.2) is 0 Å². The Balaban J connectivity index is 1.80. The molecule has 1 N–H and O–H groups in total. The Labute approximate surface area is 109 Å². The Kier molecular flexibility index (Phi) is 4.02. The molecule has 1 aliphatic rings. The monoisotopic (exact) mass is 247 g/mol. The minimum Gasteiger partial charge on any atom is -0.468 e. The Morgan fingerprint density at radius 1 is 1.33 bits per heavy atom. The Bertz CT molecular complexity index is 407. The zero-order valence-electron chi connectivity index (χ0n) is 11.3. The van der Waals surface area contributed by atoms with E-state index in [1.54, 1.807) is 0 Å². The summed E-state index contributed by atoms with van der Waals surface area (Å²) in [5.74, 6) is 0.446. The molecule has 1 fully saturated rings. The molecule has 1 atom stereocenters. The smallest absolute Gasteiger partial charge is 0.322 e. The van der Waals surface area contributed by atoms with E-state index in [0.29, 0.717) is 12.0 Å². The molecule has 18 heavy (non-hydrogen) atoms. The van der Waals surface area contributed by atoms with Gasteiger partial charge in [-0.2, -0.15) is 0 Å². The fraction of sp³-hybridized carbons (Fsp3) is 0.533. The highest BCUT2D eigenvalue weighted by Crippen LogP contribution is 2.37. The van der Waals surface area contributed by atoms with Gasteiger partial charge in [0.05, 0.1) is 7.11 Å². The first kappa shape index (κ1) is 13.1. The highest BCUT2D eigenvalue weighted by atomic mass is 16.5. The van der Waals surface area contributed by atoms with Crippen LogP contribution in [0.3, 0.4) is 0 Å². The van der Waals surface area contributed by atoms with Crippen LogP contribution >= 0.6 is 0 Å². The lowest BCUT2D eigenvalue weighted by molar-refractivity contribution is -0.143. The summed E-state index contributed by atoms with van der Waals surface area (Å²) in [5.41, 5.74) is 2.71. The van der Waals surface area contributed by atoms with Crippen molar-refractivity contribution in [2.75, 3.05) is 7.11 Å². The van der Waals surface area contributed by atoms with Gasteiger partial charge in [-0.3, -0.25) is 4.79 Å². The highest BCUT2D eigenvalue weighted by molar-refractivity contribution is 5.75. The summed E-state index contributed by atoms with van der Waals surface area (Å²) in [6.45, 7) is 3.96. The van der Waals surface area contributed by atoms with Gasteiger partial charge in [0.1, 0.15) is 6.04 Å². The molecule has 1 aromatic rings. The number of ether oxygens (including phenoxy) is 1. The SMILES string of the molecule is COC(=O)C(C)NC1CC(c2ccc(C)cc2)C1. The number of esters is 1. The van der Waals surface area contributed by atoms with E-state index in [9.17, 15) is 4.79 Å². The molecule has 0 amide bonds. The van der Waals surface area contributed by atoms with E-state index < -0.39 is 0 Å². The van der Waals surface area contributed by atoms with Crippen LogP contribution in [0.25, 0.3) is 0 Å². The molecule has 98 valence electrons. The van der Waals surface area contributed by atoms with Gasteiger partial charge in [0.25, 0.3) is 0 Å². The first-order chi connectivity index (χ1) is 8.60. The van der Waals surface area contributed by atoms with Crippen molar-refractivity contribution in [2.24, 2.45) is 0 Å². The second-order valence-electron chi connectivity index (χ2n) is 5.19. The van der Waals surface area contributed by atoms with E-state index in [-0.39, 0.29) is 12.0 Å². The fourth-order valence-electron chi connectivity index (χ4n) is 2.46. The number of benzene rings is 1. The van der Waals surface area contributed by atoms with Crippen LogP contribution in [0.2, 0.25) is 0 Å². The molecular weight excluding hydrogens is 226 g/mol. The number of hydrogen-bond donors (Lipinski definition) is 1. The van der Waals surface area contributed by atoms with E-state index in [1.807, 2.05) is 6.92 Å². The zero-order valence-corrected chi connectivity index (χ0v) is 11.3. The number of nitrogens with one attached hydrogen (secondary N) is 1. The van der Waals surface area contributed by atoms with Gasteiger partial charge in [-0.25, -0.2) is 0 Å². The third kappa shape index (κ3) is 2.91. The van der Waals surface area contributed by atoms with E-state index in [2.05, 4.69) is 36.5 Å². The summed E-state index contributed by atoms with van der Waals surface area (Å²) in [7, 11) is 1.43. The molecule has 0 saturated heterocycles. The minimum absolute atomic E-state index is 0.186. The van der Waals surface area contributed by atoms with Gasteiger partial charge in [-0.15, -0.1) is 0 Å². The fourth-order valence-corrected chi connectivity index (χ4v) is 2.46. The van der Waals surface area contributed by atoms with Crippen molar-refractivity contribution in [2.45, 2.75) is 44.7 Å². The van der Waals surface area contributed by atoms with Crippen LogP contribution < -0.4 is 5.32 Å². The number of methoxy groups -OCH3 is 1. The van der Waals surface area contributed by atoms with Crippen molar-refractivity contribution in [1.82, 2.24) is 5.32 Å². The molecule has 3 heteroatoms. The van der Waals surface area contributed by atoms with E-state index in [1.165, 1.54) is 18.2 Å². The molecular formula is C15H21NO2. The molecule has 2 rings (SSSR count). The molecule has 3 nitrogen and oxygen atoms in total. The predicted octanol–water partition coefficient (Wildman–Crippen LogP) is 2.39. The number of carbonyl (C=O) groups is 1. The average molecular weight is 247 g/mol. The van der Waals surface area contributed by atoms with Gasteiger partial charge in [0.2, 0.25) is 0 Å². The van der Waals surface area contributed by atoms with Gasteiger partial charge >= 0.3 is 5.97 Å². The summed E-state index contributed by atoms with van der Waals surface area (Å²) in [4.78, 5) is 11.3. The summed E-state index contributed by atoms with van der Waals surface area (Å²) >= 11 is 0. The maximum atomic E-state index is 11.3. The quantitative estimate of drug-likeness (QED) is 0.830. The van der Waals surface area contributed by atoms with Crippen molar-refractivity contribution in [3.63, 3.8) is 0 Å². The molecule has 0 aromatic heterocycles. The highest BCUT2D eigenvalue weighted by Gasteiger charge is 2.32. The molecule has 0 heterocycles. The first-order valence-corrected chi connectivity index (χ1v) is 6.50. The third-order valence-electron chi connectivity index (χ3n) is 3.73. The standard InChI is InChI=1S/C15H21NO2/c1-10-4-6-12(7-5-10)13-8-14(9-13)16-11(2)15(17)18-3/h4-7,11,13-14,16H,8-9H2,1-3H3. The number of rotatable bonds is 4. The van der Waals surface area contributed by atoms with E-state index in [0.717, 1.165) is 12.8 Å². The number of aryl methyl sites for hydroxylation is 1. The maximum absolute atomic E-state index is 11.3.